The van der Waals surface area contributed by atoms with E-state index in [0.29, 0.717) is 18.2 Å². The number of nitrogens with one attached hydrogen (secondary N) is 1. The van der Waals surface area contributed by atoms with E-state index in [0.717, 1.165) is 17.7 Å². The molecule has 0 saturated heterocycles. The van der Waals surface area contributed by atoms with Crippen LogP contribution in [-0.2, 0) is 16.4 Å². The van der Waals surface area contributed by atoms with Gasteiger partial charge in [0.05, 0.1) is 4.90 Å². The van der Waals surface area contributed by atoms with Gasteiger partial charge in [0.25, 0.3) is 0 Å². The number of sulfonamides is 1. The third kappa shape index (κ3) is 4.24. The highest BCUT2D eigenvalue weighted by Gasteiger charge is 2.15. The molecule has 0 amide bonds. The standard InChI is InChI=1S/C14H14F2N2O2S/c15-11-7-12(16)9-14(8-11)21(19,20)18-6-5-10-1-3-13(17)4-2-10/h1-4,7-9,18H,5-6,17H2. The fourth-order valence-electron chi connectivity index (χ4n) is 1.78. The van der Waals surface area contributed by atoms with Gasteiger partial charge in [0.2, 0.25) is 10.0 Å². The second-order valence-electron chi connectivity index (χ2n) is 4.49. The number of benzene rings is 2. The van der Waals surface area contributed by atoms with E-state index < -0.39 is 26.6 Å². The highest BCUT2D eigenvalue weighted by Crippen LogP contribution is 2.13. The zero-order valence-corrected chi connectivity index (χ0v) is 11.8. The van der Waals surface area contributed by atoms with Gasteiger partial charge < -0.3 is 5.73 Å². The van der Waals surface area contributed by atoms with Gasteiger partial charge >= 0.3 is 0 Å². The van der Waals surface area contributed by atoms with Crippen LogP contribution in [0.3, 0.4) is 0 Å². The predicted molar refractivity (Wildman–Crippen MR) is 76.1 cm³/mol. The Bertz CT molecular complexity index is 711. The summed E-state index contributed by atoms with van der Waals surface area (Å²) in [5.41, 5.74) is 7.07. The summed E-state index contributed by atoms with van der Waals surface area (Å²) in [7, 11) is -3.94. The molecule has 0 saturated carbocycles. The quantitative estimate of drug-likeness (QED) is 0.830. The molecule has 0 radical (unpaired) electrons. The molecule has 112 valence electrons. The van der Waals surface area contributed by atoms with Gasteiger partial charge in [0.15, 0.2) is 0 Å². The van der Waals surface area contributed by atoms with E-state index in [4.69, 9.17) is 5.73 Å². The van der Waals surface area contributed by atoms with Crippen LogP contribution in [0.25, 0.3) is 0 Å². The van der Waals surface area contributed by atoms with Crippen LogP contribution in [0.2, 0.25) is 0 Å². The summed E-state index contributed by atoms with van der Waals surface area (Å²) in [4.78, 5) is -0.433. The minimum atomic E-state index is -3.94. The first kappa shape index (κ1) is 15.4. The van der Waals surface area contributed by atoms with Crippen molar-refractivity contribution in [1.29, 1.82) is 0 Å². The highest BCUT2D eigenvalue weighted by atomic mass is 32.2. The topological polar surface area (TPSA) is 72.2 Å². The van der Waals surface area contributed by atoms with E-state index >= 15 is 0 Å². The molecule has 0 aliphatic carbocycles. The van der Waals surface area contributed by atoms with Crippen molar-refractivity contribution < 1.29 is 17.2 Å². The number of nitrogens with two attached hydrogens (primary N) is 1. The number of anilines is 1. The van der Waals surface area contributed by atoms with Crippen molar-refractivity contribution >= 4 is 15.7 Å². The Morgan fingerprint density at radius 1 is 1.00 bits per heavy atom. The molecule has 0 bridgehead atoms. The van der Waals surface area contributed by atoms with Gasteiger partial charge in [-0.3, -0.25) is 0 Å². The van der Waals surface area contributed by atoms with Crippen molar-refractivity contribution in [2.45, 2.75) is 11.3 Å². The Kier molecular flexibility index (Phi) is 4.54. The molecule has 7 heteroatoms. The van der Waals surface area contributed by atoms with E-state index in [1.165, 1.54) is 0 Å². The second kappa shape index (κ2) is 6.19. The lowest BCUT2D eigenvalue weighted by atomic mass is 10.1. The number of hydrogen-bond donors (Lipinski definition) is 2. The van der Waals surface area contributed by atoms with Crippen molar-refractivity contribution in [1.82, 2.24) is 4.72 Å². The first-order chi connectivity index (χ1) is 9.87. The van der Waals surface area contributed by atoms with E-state index in [-0.39, 0.29) is 6.54 Å². The van der Waals surface area contributed by atoms with Crippen LogP contribution in [-0.4, -0.2) is 15.0 Å². The van der Waals surface area contributed by atoms with Crippen LogP contribution >= 0.6 is 0 Å². The maximum absolute atomic E-state index is 13.0. The first-order valence-electron chi connectivity index (χ1n) is 6.17. The van der Waals surface area contributed by atoms with Crippen LogP contribution in [0.15, 0.2) is 47.4 Å². The molecule has 0 heterocycles. The average Bonchev–Trinajstić information content (AvgIpc) is 2.40. The lowest BCUT2D eigenvalue weighted by Gasteiger charge is -2.07. The summed E-state index contributed by atoms with van der Waals surface area (Å²) < 4.78 is 52.2. The second-order valence-corrected chi connectivity index (χ2v) is 6.26. The van der Waals surface area contributed by atoms with E-state index in [1.807, 2.05) is 0 Å². The van der Waals surface area contributed by atoms with E-state index in [2.05, 4.69) is 4.72 Å². The molecular weight excluding hydrogens is 298 g/mol. The Balaban J connectivity index is 2.02. The Labute approximate surface area is 121 Å². The maximum Gasteiger partial charge on any atom is 0.240 e. The zero-order chi connectivity index (χ0) is 15.5. The number of hydrogen-bond acceptors (Lipinski definition) is 3. The molecule has 0 fully saturated rings. The molecule has 21 heavy (non-hydrogen) atoms. The van der Waals surface area contributed by atoms with Gasteiger partial charge in [-0.2, -0.15) is 0 Å². The fraction of sp³-hybridized carbons (Fsp3) is 0.143. The van der Waals surface area contributed by atoms with Crippen molar-refractivity contribution in [2.75, 3.05) is 12.3 Å². The van der Waals surface area contributed by atoms with Crippen molar-refractivity contribution in [3.8, 4) is 0 Å². The Hall–Kier alpha value is -1.99. The molecule has 0 unspecified atom stereocenters. The van der Waals surface area contributed by atoms with Crippen LogP contribution < -0.4 is 10.5 Å². The third-order valence-corrected chi connectivity index (χ3v) is 4.27. The van der Waals surface area contributed by atoms with Gasteiger partial charge in [0.1, 0.15) is 11.6 Å². The molecule has 2 rings (SSSR count). The SMILES string of the molecule is Nc1ccc(CCNS(=O)(=O)c2cc(F)cc(F)c2)cc1. The van der Waals surface area contributed by atoms with Crippen LogP contribution in [0, 0.1) is 11.6 Å². The molecule has 3 N–H and O–H groups in total. The molecule has 4 nitrogen and oxygen atoms in total. The normalized spacial score (nSPS) is 11.5. The monoisotopic (exact) mass is 312 g/mol. The molecule has 0 aliphatic rings. The van der Waals surface area contributed by atoms with Gasteiger partial charge in [0, 0.05) is 18.3 Å². The number of rotatable bonds is 5. The Morgan fingerprint density at radius 3 is 2.14 bits per heavy atom. The summed E-state index contributed by atoms with van der Waals surface area (Å²) in [5.74, 6) is -1.87. The fourth-order valence-corrected chi connectivity index (χ4v) is 2.85. The molecular formula is C14H14F2N2O2S. The predicted octanol–water partition coefficient (Wildman–Crippen LogP) is 2.07. The zero-order valence-electron chi connectivity index (χ0n) is 11.0. The summed E-state index contributed by atoms with van der Waals surface area (Å²) >= 11 is 0. The largest absolute Gasteiger partial charge is 0.399 e. The Morgan fingerprint density at radius 2 is 1.57 bits per heavy atom. The summed E-state index contributed by atoms with van der Waals surface area (Å²) in [6.07, 6.45) is 0.442. The summed E-state index contributed by atoms with van der Waals surface area (Å²) in [6.45, 7) is 0.115. The van der Waals surface area contributed by atoms with Crippen LogP contribution in [0.1, 0.15) is 5.56 Å². The van der Waals surface area contributed by atoms with Crippen molar-refractivity contribution in [3.63, 3.8) is 0 Å². The molecule has 0 aliphatic heterocycles. The third-order valence-electron chi connectivity index (χ3n) is 2.83. The molecule has 2 aromatic rings. The highest BCUT2D eigenvalue weighted by molar-refractivity contribution is 7.89. The van der Waals surface area contributed by atoms with Crippen LogP contribution in [0.5, 0.6) is 0 Å². The van der Waals surface area contributed by atoms with Gasteiger partial charge in [-0.15, -0.1) is 0 Å². The summed E-state index contributed by atoms with van der Waals surface area (Å²) in [5, 5.41) is 0. The first-order valence-corrected chi connectivity index (χ1v) is 7.65. The van der Waals surface area contributed by atoms with Gasteiger partial charge in [-0.1, -0.05) is 12.1 Å². The lowest BCUT2D eigenvalue weighted by molar-refractivity contribution is 0.561. The van der Waals surface area contributed by atoms with Gasteiger partial charge in [-0.05, 0) is 36.2 Å². The van der Waals surface area contributed by atoms with E-state index in [1.54, 1.807) is 24.3 Å². The molecule has 0 spiro atoms. The van der Waals surface area contributed by atoms with Crippen LogP contribution in [0.4, 0.5) is 14.5 Å². The minimum absolute atomic E-state index is 0.115. The number of nitrogen functional groups attached to an aromatic ring is 1. The molecule has 0 atom stereocenters. The van der Waals surface area contributed by atoms with Gasteiger partial charge in [-0.25, -0.2) is 21.9 Å². The van der Waals surface area contributed by atoms with Crippen molar-refractivity contribution in [2.24, 2.45) is 0 Å². The average molecular weight is 312 g/mol. The lowest BCUT2D eigenvalue weighted by Crippen LogP contribution is -2.26. The van der Waals surface area contributed by atoms with E-state index in [9.17, 15) is 17.2 Å². The smallest absolute Gasteiger partial charge is 0.240 e. The number of halogens is 2. The summed E-state index contributed by atoms with van der Waals surface area (Å²) in [6, 6.07) is 9.16. The van der Waals surface area contributed by atoms with Crippen molar-refractivity contribution in [3.05, 3.63) is 59.7 Å². The molecule has 2 aromatic carbocycles. The molecule has 0 aromatic heterocycles. The maximum atomic E-state index is 13.0. The minimum Gasteiger partial charge on any atom is -0.399 e.